The number of likely N-dealkylation sites (N-methyl/N-ethyl adjacent to an activating group) is 2. The van der Waals surface area contributed by atoms with E-state index >= 15 is 0 Å². The molecule has 0 heterocycles. The first-order valence-electron chi connectivity index (χ1n) is 7.34. The van der Waals surface area contributed by atoms with E-state index in [2.05, 4.69) is 5.32 Å². The Morgan fingerprint density at radius 2 is 2.00 bits per heavy atom. The Bertz CT molecular complexity index is 579. The molecule has 0 radical (unpaired) electrons. The predicted octanol–water partition coefficient (Wildman–Crippen LogP) is 0.920. The molecule has 1 rings (SSSR count). The van der Waals surface area contributed by atoms with E-state index < -0.39 is 10.8 Å². The Kier molecular flexibility index (Phi) is 7.93. The van der Waals surface area contributed by atoms with Crippen LogP contribution in [-0.4, -0.2) is 70.3 Å². The van der Waals surface area contributed by atoms with Gasteiger partial charge in [0.2, 0.25) is 0 Å². The molecule has 9 nitrogen and oxygen atoms in total. The molecular weight excluding hydrogens is 318 g/mol. The number of amides is 1. The van der Waals surface area contributed by atoms with Crippen LogP contribution in [0.3, 0.4) is 0 Å². The number of carbonyl (C=O) groups is 1. The van der Waals surface area contributed by atoms with Gasteiger partial charge in [-0.1, -0.05) is 0 Å². The van der Waals surface area contributed by atoms with Gasteiger partial charge in [0.15, 0.2) is 11.5 Å². The zero-order valence-corrected chi connectivity index (χ0v) is 14.3. The molecule has 1 aromatic carbocycles. The minimum atomic E-state index is -0.609. The van der Waals surface area contributed by atoms with Crippen molar-refractivity contribution in [2.45, 2.75) is 0 Å². The van der Waals surface area contributed by atoms with Crippen LogP contribution in [-0.2, 0) is 4.74 Å². The maximum Gasteiger partial charge on any atom is 0.286 e. The van der Waals surface area contributed by atoms with E-state index in [4.69, 9.17) is 14.2 Å². The van der Waals surface area contributed by atoms with Gasteiger partial charge >= 0.3 is 0 Å². The second kappa shape index (κ2) is 9.68. The Labute approximate surface area is 140 Å². The molecule has 0 saturated heterocycles. The second-order valence-electron chi connectivity index (χ2n) is 4.95. The van der Waals surface area contributed by atoms with Crippen molar-refractivity contribution in [1.29, 1.82) is 0 Å². The third-order valence-corrected chi connectivity index (χ3v) is 3.30. The van der Waals surface area contributed by atoms with Crippen LogP contribution in [0.1, 0.15) is 10.4 Å². The third kappa shape index (κ3) is 5.07. The summed E-state index contributed by atoms with van der Waals surface area (Å²) in [6, 6.07) is 2.53. The summed E-state index contributed by atoms with van der Waals surface area (Å²) in [5.74, 6) is -0.0172. The normalized spacial score (nSPS) is 10.3. The van der Waals surface area contributed by atoms with Crippen LogP contribution in [0.5, 0.6) is 11.5 Å². The molecule has 1 aromatic rings. The van der Waals surface area contributed by atoms with Gasteiger partial charge in [0.05, 0.1) is 24.7 Å². The average molecular weight is 341 g/mol. The van der Waals surface area contributed by atoms with Crippen molar-refractivity contribution in [2.75, 3.05) is 54.6 Å². The van der Waals surface area contributed by atoms with Crippen molar-refractivity contribution >= 4 is 11.6 Å². The van der Waals surface area contributed by atoms with Crippen LogP contribution in [0.2, 0.25) is 0 Å². The van der Waals surface area contributed by atoms with Gasteiger partial charge in [-0.15, -0.1) is 0 Å². The Hall–Kier alpha value is -2.39. The lowest BCUT2D eigenvalue weighted by Gasteiger charge is -2.18. The number of nitrogens with zero attached hydrogens (tertiary/aromatic N) is 2. The minimum absolute atomic E-state index is 0.0467. The average Bonchev–Trinajstić information content (AvgIpc) is 2.58. The lowest BCUT2D eigenvalue weighted by atomic mass is 10.1. The molecule has 134 valence electrons. The third-order valence-electron chi connectivity index (χ3n) is 3.30. The van der Waals surface area contributed by atoms with Gasteiger partial charge in [-0.05, 0) is 7.05 Å². The van der Waals surface area contributed by atoms with Crippen LogP contribution < -0.4 is 14.8 Å². The molecule has 0 bridgehead atoms. The monoisotopic (exact) mass is 341 g/mol. The molecule has 0 saturated carbocycles. The van der Waals surface area contributed by atoms with Crippen molar-refractivity contribution < 1.29 is 23.9 Å². The molecule has 0 fully saturated rings. The van der Waals surface area contributed by atoms with Gasteiger partial charge in [-0.2, -0.15) is 0 Å². The van der Waals surface area contributed by atoms with Crippen LogP contribution in [0.15, 0.2) is 12.1 Å². The number of carbonyl (C=O) groups excluding carboxylic acids is 1. The molecule has 1 amide bonds. The standard InChI is InChI=1S/C15H23N3O6/c1-16-5-6-17(2)15(19)11-9-13(23-4)14(24-8-7-22-3)10-12(11)18(20)21/h9-10,16H,5-8H2,1-4H3. The van der Waals surface area contributed by atoms with E-state index in [-0.39, 0.29) is 29.4 Å². The number of nitrogens with one attached hydrogen (secondary N) is 1. The Balaban J connectivity index is 3.18. The van der Waals surface area contributed by atoms with E-state index in [0.29, 0.717) is 19.7 Å². The number of hydrogen-bond donors (Lipinski definition) is 1. The number of rotatable bonds is 10. The quantitative estimate of drug-likeness (QED) is 0.383. The van der Waals surface area contributed by atoms with Crippen LogP contribution in [0.4, 0.5) is 5.69 Å². The highest BCUT2D eigenvalue weighted by atomic mass is 16.6. The van der Waals surface area contributed by atoms with E-state index in [0.717, 1.165) is 0 Å². The summed E-state index contributed by atoms with van der Waals surface area (Å²) >= 11 is 0. The number of benzene rings is 1. The number of methoxy groups -OCH3 is 2. The number of nitro benzene ring substituents is 1. The molecule has 0 aliphatic carbocycles. The molecule has 9 heteroatoms. The van der Waals surface area contributed by atoms with E-state index in [9.17, 15) is 14.9 Å². The molecule has 0 spiro atoms. The largest absolute Gasteiger partial charge is 0.493 e. The molecule has 1 N–H and O–H groups in total. The lowest BCUT2D eigenvalue weighted by molar-refractivity contribution is -0.385. The van der Waals surface area contributed by atoms with Crippen molar-refractivity contribution in [3.05, 3.63) is 27.8 Å². The summed E-state index contributed by atoms with van der Waals surface area (Å²) in [5.41, 5.74) is -0.376. The molecule has 0 aromatic heterocycles. The van der Waals surface area contributed by atoms with Crippen LogP contribution in [0, 0.1) is 10.1 Å². The number of hydrogen-bond acceptors (Lipinski definition) is 7. The zero-order chi connectivity index (χ0) is 18.1. The summed E-state index contributed by atoms with van der Waals surface area (Å²) in [7, 11) is 6.27. The molecule has 0 aliphatic heterocycles. The fourth-order valence-electron chi connectivity index (χ4n) is 1.97. The lowest BCUT2D eigenvalue weighted by Crippen LogP contribution is -2.33. The van der Waals surface area contributed by atoms with Crippen molar-refractivity contribution in [3.8, 4) is 11.5 Å². The van der Waals surface area contributed by atoms with Gasteiger partial charge < -0.3 is 24.4 Å². The first-order chi connectivity index (χ1) is 11.5. The summed E-state index contributed by atoms with van der Waals surface area (Å²) < 4.78 is 15.5. The van der Waals surface area contributed by atoms with Gasteiger partial charge in [-0.3, -0.25) is 14.9 Å². The summed E-state index contributed by atoms with van der Waals surface area (Å²) in [6.45, 7) is 1.52. The zero-order valence-electron chi connectivity index (χ0n) is 14.3. The molecule has 0 atom stereocenters. The van der Waals surface area contributed by atoms with Gasteiger partial charge in [-0.25, -0.2) is 0 Å². The molecule has 24 heavy (non-hydrogen) atoms. The molecular formula is C15H23N3O6. The van der Waals surface area contributed by atoms with Gasteiger partial charge in [0, 0.05) is 33.3 Å². The highest BCUT2D eigenvalue weighted by Crippen LogP contribution is 2.35. The fourth-order valence-corrected chi connectivity index (χ4v) is 1.97. The Morgan fingerprint density at radius 3 is 2.54 bits per heavy atom. The highest BCUT2D eigenvalue weighted by Gasteiger charge is 2.26. The summed E-state index contributed by atoms with van der Waals surface area (Å²) in [4.78, 5) is 24.6. The predicted molar refractivity (Wildman–Crippen MR) is 87.9 cm³/mol. The number of ether oxygens (including phenoxy) is 3. The van der Waals surface area contributed by atoms with Crippen molar-refractivity contribution in [2.24, 2.45) is 0 Å². The van der Waals surface area contributed by atoms with E-state index in [1.54, 1.807) is 14.1 Å². The molecule has 0 unspecified atom stereocenters. The fraction of sp³-hybridized carbons (Fsp3) is 0.533. The van der Waals surface area contributed by atoms with Crippen LogP contribution >= 0.6 is 0 Å². The van der Waals surface area contributed by atoms with E-state index in [1.807, 2.05) is 0 Å². The first-order valence-corrected chi connectivity index (χ1v) is 7.34. The highest BCUT2D eigenvalue weighted by molar-refractivity contribution is 5.99. The SMILES string of the molecule is CNCCN(C)C(=O)c1cc(OC)c(OCCOC)cc1[N+](=O)[O-]. The summed E-state index contributed by atoms with van der Waals surface area (Å²) in [6.07, 6.45) is 0. The maximum atomic E-state index is 12.5. The van der Waals surface area contributed by atoms with Crippen molar-refractivity contribution in [3.63, 3.8) is 0 Å². The molecule has 0 aliphatic rings. The topological polar surface area (TPSA) is 103 Å². The Morgan fingerprint density at radius 1 is 1.29 bits per heavy atom. The van der Waals surface area contributed by atoms with Gasteiger partial charge in [0.1, 0.15) is 12.2 Å². The maximum absolute atomic E-state index is 12.5. The van der Waals surface area contributed by atoms with Gasteiger partial charge in [0.25, 0.3) is 11.6 Å². The summed E-state index contributed by atoms with van der Waals surface area (Å²) in [5, 5.41) is 14.3. The number of nitro groups is 1. The second-order valence-corrected chi connectivity index (χ2v) is 4.95. The van der Waals surface area contributed by atoms with Crippen LogP contribution in [0.25, 0.3) is 0 Å². The first kappa shape index (κ1) is 19.7. The minimum Gasteiger partial charge on any atom is -0.493 e. The van der Waals surface area contributed by atoms with Crippen molar-refractivity contribution in [1.82, 2.24) is 10.2 Å². The smallest absolute Gasteiger partial charge is 0.286 e. The van der Waals surface area contributed by atoms with E-state index in [1.165, 1.54) is 31.3 Å².